The van der Waals surface area contributed by atoms with Crippen LogP contribution in [0.4, 0.5) is 0 Å². The number of allylic oxidation sites excluding steroid dienone is 2. The quantitative estimate of drug-likeness (QED) is 0.0376. The topological polar surface area (TPSA) is 92.7 Å². The van der Waals surface area contributed by atoms with Crippen LogP contribution in [0.2, 0.25) is 0 Å². The molecule has 0 aromatic rings. The molecule has 1 amide bonds. The van der Waals surface area contributed by atoms with Crippen LogP contribution in [0.25, 0.3) is 0 Å². The Balaban J connectivity index is 4.16. The van der Waals surface area contributed by atoms with Gasteiger partial charge < -0.3 is 15.2 Å². The number of hydrogen-bond acceptors (Lipinski definition) is 4. The summed E-state index contributed by atoms with van der Waals surface area (Å²) in [5.41, 5.74) is 0. The first kappa shape index (κ1) is 48.1. The molecule has 0 heterocycles. The van der Waals surface area contributed by atoms with Crippen LogP contribution in [-0.2, 0) is 19.1 Å². The fraction of sp³-hybridized carbons (Fsp3) is 0.886. The van der Waals surface area contributed by atoms with Crippen LogP contribution in [0.5, 0.6) is 0 Å². The van der Waals surface area contributed by atoms with Crippen molar-refractivity contribution in [3.63, 3.8) is 0 Å². The third-order valence-corrected chi connectivity index (χ3v) is 9.94. The van der Waals surface area contributed by atoms with Crippen LogP contribution in [0, 0.1) is 0 Å². The SMILES string of the molecule is CCCCCCC/C=C\CCCCCCCC(=O)OC(CCCCCCCCCCCCCCCC)CCCCCCCC(=O)NCC(=O)O. The van der Waals surface area contributed by atoms with Crippen LogP contribution in [0.1, 0.15) is 239 Å². The van der Waals surface area contributed by atoms with Crippen molar-refractivity contribution in [1.29, 1.82) is 0 Å². The highest BCUT2D eigenvalue weighted by Gasteiger charge is 2.14. The number of carbonyl (C=O) groups excluding carboxylic acids is 2. The summed E-state index contributed by atoms with van der Waals surface area (Å²) >= 11 is 0. The number of amides is 1. The molecular formula is C44H83NO5. The van der Waals surface area contributed by atoms with Crippen LogP contribution in [0.3, 0.4) is 0 Å². The Hall–Kier alpha value is -1.85. The number of nitrogens with one attached hydrogen (secondary N) is 1. The first-order chi connectivity index (χ1) is 24.5. The van der Waals surface area contributed by atoms with Gasteiger partial charge >= 0.3 is 11.9 Å². The second-order valence-corrected chi connectivity index (χ2v) is 15.0. The Bertz CT molecular complexity index is 782. The number of carbonyl (C=O) groups is 3. The number of unbranched alkanes of at least 4 members (excludes halogenated alkanes) is 27. The number of carboxylic acids is 1. The maximum absolute atomic E-state index is 12.7. The summed E-state index contributed by atoms with van der Waals surface area (Å²) in [6, 6.07) is 0. The molecule has 0 rings (SSSR count). The van der Waals surface area contributed by atoms with Crippen molar-refractivity contribution in [1.82, 2.24) is 5.32 Å². The third-order valence-electron chi connectivity index (χ3n) is 9.94. The van der Waals surface area contributed by atoms with Gasteiger partial charge in [-0.2, -0.15) is 0 Å². The molecule has 0 spiro atoms. The van der Waals surface area contributed by atoms with Gasteiger partial charge in [-0.15, -0.1) is 0 Å². The molecule has 1 atom stereocenters. The van der Waals surface area contributed by atoms with E-state index in [1.165, 1.54) is 148 Å². The maximum atomic E-state index is 12.7. The van der Waals surface area contributed by atoms with E-state index < -0.39 is 5.97 Å². The van der Waals surface area contributed by atoms with E-state index in [2.05, 4.69) is 31.3 Å². The van der Waals surface area contributed by atoms with Crippen LogP contribution >= 0.6 is 0 Å². The highest BCUT2D eigenvalue weighted by molar-refractivity contribution is 5.80. The average molecular weight is 706 g/mol. The van der Waals surface area contributed by atoms with Crippen molar-refractivity contribution >= 4 is 17.8 Å². The second-order valence-electron chi connectivity index (χ2n) is 15.0. The van der Waals surface area contributed by atoms with Gasteiger partial charge in [0.1, 0.15) is 12.6 Å². The van der Waals surface area contributed by atoms with E-state index in [1.807, 2.05) is 0 Å². The van der Waals surface area contributed by atoms with Gasteiger partial charge in [0.15, 0.2) is 0 Å². The standard InChI is InChI=1S/C44H83NO5/c1-3-5-7-9-11-13-15-17-19-21-23-25-28-32-36-41(37-33-29-27-30-34-38-42(46)45-40-43(47)48)50-44(49)39-35-31-26-24-22-20-18-16-14-12-10-8-6-4-2/h16,18,41H,3-15,17,19-40H2,1-2H3,(H,45,46)(H,47,48)/b18-16-. The molecule has 50 heavy (non-hydrogen) atoms. The molecule has 0 aromatic heterocycles. The molecular weight excluding hydrogens is 622 g/mol. The largest absolute Gasteiger partial charge is 0.480 e. The zero-order chi connectivity index (χ0) is 36.6. The summed E-state index contributed by atoms with van der Waals surface area (Å²) in [5.74, 6) is -1.22. The molecule has 294 valence electrons. The number of hydrogen-bond donors (Lipinski definition) is 2. The van der Waals surface area contributed by atoms with Gasteiger partial charge in [-0.3, -0.25) is 14.4 Å². The van der Waals surface area contributed by atoms with Crippen molar-refractivity contribution in [2.75, 3.05) is 6.54 Å². The van der Waals surface area contributed by atoms with Gasteiger partial charge in [-0.25, -0.2) is 0 Å². The normalized spacial score (nSPS) is 12.0. The van der Waals surface area contributed by atoms with E-state index in [1.54, 1.807) is 0 Å². The lowest BCUT2D eigenvalue weighted by atomic mass is 10.0. The molecule has 2 N–H and O–H groups in total. The van der Waals surface area contributed by atoms with E-state index in [9.17, 15) is 14.4 Å². The summed E-state index contributed by atoms with van der Waals surface area (Å²) in [6.07, 6.45) is 46.2. The smallest absolute Gasteiger partial charge is 0.322 e. The molecule has 0 radical (unpaired) electrons. The van der Waals surface area contributed by atoms with Crippen molar-refractivity contribution < 1.29 is 24.2 Å². The Kier molecular flexibility index (Phi) is 38.5. The number of ether oxygens (including phenoxy) is 1. The maximum Gasteiger partial charge on any atom is 0.322 e. The summed E-state index contributed by atoms with van der Waals surface area (Å²) in [5, 5.41) is 11.1. The Morgan fingerprint density at radius 2 is 0.860 bits per heavy atom. The molecule has 0 aliphatic carbocycles. The van der Waals surface area contributed by atoms with Crippen molar-refractivity contribution in [3.8, 4) is 0 Å². The van der Waals surface area contributed by atoms with Crippen LogP contribution in [0.15, 0.2) is 12.2 Å². The first-order valence-corrected chi connectivity index (χ1v) is 21.8. The minimum absolute atomic E-state index is 0.0189. The molecule has 0 aliphatic heterocycles. The fourth-order valence-electron chi connectivity index (χ4n) is 6.69. The molecule has 0 saturated heterocycles. The van der Waals surface area contributed by atoms with E-state index >= 15 is 0 Å². The monoisotopic (exact) mass is 706 g/mol. The van der Waals surface area contributed by atoms with Gasteiger partial charge in [0.25, 0.3) is 0 Å². The Morgan fingerprint density at radius 1 is 0.500 bits per heavy atom. The average Bonchev–Trinajstić information content (AvgIpc) is 3.10. The van der Waals surface area contributed by atoms with E-state index in [4.69, 9.17) is 9.84 Å². The second kappa shape index (κ2) is 39.9. The number of aliphatic carboxylic acids is 1. The molecule has 6 heteroatoms. The van der Waals surface area contributed by atoms with E-state index in [0.717, 1.165) is 64.2 Å². The van der Waals surface area contributed by atoms with Crippen molar-refractivity contribution in [3.05, 3.63) is 12.2 Å². The minimum Gasteiger partial charge on any atom is -0.480 e. The summed E-state index contributed by atoms with van der Waals surface area (Å²) in [7, 11) is 0. The fourth-order valence-corrected chi connectivity index (χ4v) is 6.69. The zero-order valence-corrected chi connectivity index (χ0v) is 33.3. The highest BCUT2D eigenvalue weighted by atomic mass is 16.5. The van der Waals surface area contributed by atoms with Crippen molar-refractivity contribution in [2.24, 2.45) is 0 Å². The number of carboxylic acid groups (broad SMARTS) is 1. The summed E-state index contributed by atoms with van der Waals surface area (Å²) in [4.78, 5) is 35.0. The number of esters is 1. The van der Waals surface area contributed by atoms with E-state index in [0.29, 0.717) is 12.8 Å². The van der Waals surface area contributed by atoms with Gasteiger partial charge in [0.2, 0.25) is 5.91 Å². The third kappa shape index (κ3) is 38.9. The van der Waals surface area contributed by atoms with Gasteiger partial charge in [-0.05, 0) is 64.2 Å². The minimum atomic E-state index is -1.01. The lowest BCUT2D eigenvalue weighted by Gasteiger charge is -2.18. The molecule has 0 aromatic carbocycles. The highest BCUT2D eigenvalue weighted by Crippen LogP contribution is 2.19. The first-order valence-electron chi connectivity index (χ1n) is 21.8. The summed E-state index contributed by atoms with van der Waals surface area (Å²) in [6.45, 7) is 4.23. The molecule has 6 nitrogen and oxygen atoms in total. The van der Waals surface area contributed by atoms with E-state index in [-0.39, 0.29) is 24.5 Å². The lowest BCUT2D eigenvalue weighted by Crippen LogP contribution is -2.28. The molecule has 0 fully saturated rings. The van der Waals surface area contributed by atoms with Gasteiger partial charge in [0.05, 0.1) is 0 Å². The zero-order valence-electron chi connectivity index (χ0n) is 33.3. The predicted molar refractivity (Wildman–Crippen MR) is 213 cm³/mol. The van der Waals surface area contributed by atoms with Crippen LogP contribution < -0.4 is 5.32 Å². The van der Waals surface area contributed by atoms with Crippen LogP contribution in [-0.4, -0.2) is 35.6 Å². The predicted octanol–water partition coefficient (Wildman–Crippen LogP) is 13.3. The van der Waals surface area contributed by atoms with Crippen molar-refractivity contribution in [2.45, 2.75) is 245 Å². The molecule has 0 bridgehead atoms. The van der Waals surface area contributed by atoms with Gasteiger partial charge in [-0.1, -0.05) is 174 Å². The molecule has 0 saturated carbocycles. The van der Waals surface area contributed by atoms with Gasteiger partial charge in [0, 0.05) is 12.8 Å². The molecule has 0 aliphatic rings. The molecule has 1 unspecified atom stereocenters. The Labute approximate surface area is 310 Å². The number of rotatable bonds is 40. The summed E-state index contributed by atoms with van der Waals surface area (Å²) < 4.78 is 6.03. The Morgan fingerprint density at radius 3 is 1.28 bits per heavy atom. The lowest BCUT2D eigenvalue weighted by molar-refractivity contribution is -0.150.